The molecule has 0 saturated heterocycles. The molecule has 0 bridgehead atoms. The summed E-state index contributed by atoms with van der Waals surface area (Å²) in [6.45, 7) is 1.12. The fourth-order valence-corrected chi connectivity index (χ4v) is 2.23. The largest absolute Gasteiger partial charge is 0.454 e. The lowest BCUT2D eigenvalue weighted by Crippen LogP contribution is -2.37. The van der Waals surface area contributed by atoms with E-state index in [2.05, 4.69) is 15.6 Å². The maximum atomic E-state index is 11.0. The van der Waals surface area contributed by atoms with Gasteiger partial charge in [0, 0.05) is 18.6 Å². The van der Waals surface area contributed by atoms with E-state index in [-0.39, 0.29) is 29.7 Å². The van der Waals surface area contributed by atoms with Crippen molar-refractivity contribution in [3.63, 3.8) is 0 Å². The van der Waals surface area contributed by atoms with E-state index in [0.717, 1.165) is 17.0 Å². The van der Waals surface area contributed by atoms with Gasteiger partial charge in [-0.1, -0.05) is 23.7 Å². The van der Waals surface area contributed by atoms with Gasteiger partial charge in [0.15, 0.2) is 11.7 Å². The fourth-order valence-electron chi connectivity index (χ4n) is 2.01. The third-order valence-electron chi connectivity index (χ3n) is 3.15. The van der Waals surface area contributed by atoms with Crippen molar-refractivity contribution >= 4 is 47.4 Å². The molecule has 130 valence electrons. The van der Waals surface area contributed by atoms with Gasteiger partial charge >= 0.3 is 0 Å². The Bertz CT molecular complexity index is 703. The Hall–Kier alpha value is -1.74. The number of aliphatic imine (C=N–C) groups is 1. The zero-order chi connectivity index (χ0) is 16.7. The van der Waals surface area contributed by atoms with Crippen LogP contribution in [0.25, 0.3) is 0 Å². The molecule has 0 saturated carbocycles. The maximum Gasteiger partial charge on any atom is 0.284 e. The summed E-state index contributed by atoms with van der Waals surface area (Å²) in [4.78, 5) is 15.1. The minimum atomic E-state index is -0.583. The van der Waals surface area contributed by atoms with Crippen molar-refractivity contribution in [1.82, 2.24) is 10.6 Å². The smallest absolute Gasteiger partial charge is 0.284 e. The quantitative estimate of drug-likeness (QED) is 0.349. The predicted octanol–water partition coefficient (Wildman–Crippen LogP) is 2.56. The van der Waals surface area contributed by atoms with Crippen LogP contribution in [0, 0.1) is 0 Å². The summed E-state index contributed by atoms with van der Waals surface area (Å²) in [6.07, 6.45) is 0.827. The van der Waals surface area contributed by atoms with Crippen LogP contribution in [0.2, 0.25) is 5.02 Å². The number of nitrogens with zero attached hydrogens (tertiary/aromatic N) is 1. The lowest BCUT2D eigenvalue weighted by Gasteiger charge is -2.11. The number of primary amides is 1. The zero-order valence-corrected chi connectivity index (χ0v) is 16.3. The Morgan fingerprint density at radius 2 is 2.08 bits per heavy atom. The second-order valence-corrected chi connectivity index (χ2v) is 5.30. The van der Waals surface area contributed by atoms with E-state index >= 15 is 0 Å². The number of nitrogens with two attached hydrogens (primary N) is 1. The van der Waals surface area contributed by atoms with Crippen molar-refractivity contribution in [2.45, 2.75) is 13.0 Å². The van der Waals surface area contributed by atoms with Gasteiger partial charge in [-0.2, -0.15) is 0 Å². The number of rotatable bonds is 6. The van der Waals surface area contributed by atoms with Crippen LogP contribution in [0.5, 0.6) is 0 Å². The van der Waals surface area contributed by atoms with Crippen LogP contribution in [-0.2, 0) is 13.0 Å². The van der Waals surface area contributed by atoms with Gasteiger partial charge in [0.2, 0.25) is 0 Å². The Labute approximate surface area is 162 Å². The number of amides is 1. The SMILES string of the molecule is CN=C(NCCc1cccc(Cl)c1)NCc1ccc(C(N)=O)o1.I. The van der Waals surface area contributed by atoms with E-state index in [1.165, 1.54) is 0 Å². The Morgan fingerprint density at radius 3 is 2.71 bits per heavy atom. The number of carbonyl (C=O) groups excluding carboxylic acids is 1. The fraction of sp³-hybridized carbons (Fsp3) is 0.250. The molecule has 0 aliphatic rings. The lowest BCUT2D eigenvalue weighted by molar-refractivity contribution is 0.0972. The van der Waals surface area contributed by atoms with E-state index in [1.807, 2.05) is 24.3 Å². The molecule has 0 aliphatic carbocycles. The van der Waals surface area contributed by atoms with E-state index in [0.29, 0.717) is 24.8 Å². The first-order valence-corrected chi connectivity index (χ1v) is 7.54. The van der Waals surface area contributed by atoms with Crippen LogP contribution in [0.15, 0.2) is 45.8 Å². The molecule has 0 unspecified atom stereocenters. The number of guanidine groups is 1. The normalized spacial score (nSPS) is 10.8. The number of carbonyl (C=O) groups is 1. The van der Waals surface area contributed by atoms with E-state index in [9.17, 15) is 4.79 Å². The molecule has 0 atom stereocenters. The van der Waals surface area contributed by atoms with Gasteiger partial charge in [-0.25, -0.2) is 0 Å². The molecule has 1 aromatic carbocycles. The van der Waals surface area contributed by atoms with Crippen molar-refractivity contribution in [1.29, 1.82) is 0 Å². The first kappa shape index (κ1) is 20.3. The van der Waals surface area contributed by atoms with Crippen molar-refractivity contribution in [2.24, 2.45) is 10.7 Å². The molecule has 0 fully saturated rings. The zero-order valence-electron chi connectivity index (χ0n) is 13.2. The molecule has 8 heteroatoms. The lowest BCUT2D eigenvalue weighted by atomic mass is 10.1. The summed E-state index contributed by atoms with van der Waals surface area (Å²) in [5, 5.41) is 7.03. The monoisotopic (exact) mass is 462 g/mol. The number of halogens is 2. The first-order chi connectivity index (χ1) is 11.1. The summed E-state index contributed by atoms with van der Waals surface area (Å²) in [5.74, 6) is 0.812. The van der Waals surface area contributed by atoms with Crippen molar-refractivity contribution < 1.29 is 9.21 Å². The highest BCUT2D eigenvalue weighted by Gasteiger charge is 2.07. The summed E-state index contributed by atoms with van der Waals surface area (Å²) in [6, 6.07) is 11.0. The molecular formula is C16H20ClIN4O2. The number of furan rings is 1. The number of hydrogen-bond donors (Lipinski definition) is 3. The molecule has 6 nitrogen and oxygen atoms in total. The minimum Gasteiger partial charge on any atom is -0.454 e. The topological polar surface area (TPSA) is 92.6 Å². The molecule has 1 amide bonds. The number of hydrogen-bond acceptors (Lipinski definition) is 3. The molecule has 1 heterocycles. The predicted molar refractivity (Wildman–Crippen MR) is 106 cm³/mol. The third kappa shape index (κ3) is 6.40. The average Bonchev–Trinajstić information content (AvgIpc) is 3.00. The van der Waals surface area contributed by atoms with Gasteiger partial charge in [-0.15, -0.1) is 24.0 Å². The van der Waals surface area contributed by atoms with Crippen molar-refractivity contribution in [2.75, 3.05) is 13.6 Å². The first-order valence-electron chi connectivity index (χ1n) is 7.16. The minimum absolute atomic E-state index is 0. The van der Waals surface area contributed by atoms with Crippen molar-refractivity contribution in [3.05, 3.63) is 58.5 Å². The third-order valence-corrected chi connectivity index (χ3v) is 3.39. The van der Waals surface area contributed by atoms with Crippen molar-refractivity contribution in [3.8, 4) is 0 Å². The standard InChI is InChI=1S/C16H19ClN4O2.HI/c1-19-16(20-8-7-11-3-2-4-12(17)9-11)21-10-13-5-6-14(23-13)15(18)22;/h2-6,9H,7-8,10H2,1H3,(H2,18,22)(H2,19,20,21);1H. The summed E-state index contributed by atoms with van der Waals surface area (Å²) in [5.41, 5.74) is 6.29. The van der Waals surface area contributed by atoms with Gasteiger partial charge in [-0.05, 0) is 36.2 Å². The highest BCUT2D eigenvalue weighted by atomic mass is 127. The van der Waals surface area contributed by atoms with Gasteiger partial charge in [0.1, 0.15) is 5.76 Å². The second kappa shape index (κ2) is 10.2. The molecular weight excluding hydrogens is 443 g/mol. The van der Waals surface area contributed by atoms with Crippen LogP contribution in [-0.4, -0.2) is 25.5 Å². The summed E-state index contributed by atoms with van der Waals surface area (Å²) < 4.78 is 5.29. The van der Waals surface area contributed by atoms with Gasteiger partial charge in [0.05, 0.1) is 6.54 Å². The molecule has 2 aromatic rings. The van der Waals surface area contributed by atoms with Crippen LogP contribution >= 0.6 is 35.6 Å². The highest BCUT2D eigenvalue weighted by molar-refractivity contribution is 14.0. The molecule has 2 rings (SSSR count). The van der Waals surface area contributed by atoms with Crippen LogP contribution < -0.4 is 16.4 Å². The molecule has 1 aromatic heterocycles. The van der Waals surface area contributed by atoms with Gasteiger partial charge in [0.25, 0.3) is 5.91 Å². The molecule has 0 aliphatic heterocycles. The van der Waals surface area contributed by atoms with E-state index in [1.54, 1.807) is 19.2 Å². The van der Waals surface area contributed by atoms with E-state index < -0.39 is 5.91 Å². The maximum absolute atomic E-state index is 11.0. The Kier molecular flexibility index (Phi) is 8.62. The van der Waals surface area contributed by atoms with Crippen LogP contribution in [0.1, 0.15) is 21.9 Å². The second-order valence-electron chi connectivity index (χ2n) is 4.86. The number of nitrogens with one attached hydrogen (secondary N) is 2. The molecule has 0 spiro atoms. The van der Waals surface area contributed by atoms with Gasteiger partial charge in [-0.3, -0.25) is 9.79 Å². The van der Waals surface area contributed by atoms with E-state index in [4.69, 9.17) is 21.8 Å². The highest BCUT2D eigenvalue weighted by Crippen LogP contribution is 2.10. The molecule has 4 N–H and O–H groups in total. The summed E-state index contributed by atoms with van der Waals surface area (Å²) >= 11 is 5.96. The summed E-state index contributed by atoms with van der Waals surface area (Å²) in [7, 11) is 1.69. The Morgan fingerprint density at radius 1 is 1.29 bits per heavy atom. The van der Waals surface area contributed by atoms with Gasteiger partial charge < -0.3 is 20.8 Å². The molecule has 0 radical (unpaired) electrons. The molecule has 24 heavy (non-hydrogen) atoms. The van der Waals surface area contributed by atoms with Crippen LogP contribution in [0.4, 0.5) is 0 Å². The van der Waals surface area contributed by atoms with Crippen LogP contribution in [0.3, 0.4) is 0 Å². The number of benzene rings is 1. The Balaban J connectivity index is 0.00000288. The average molecular weight is 463 g/mol.